The second-order valence-electron chi connectivity index (χ2n) is 13.2. The fourth-order valence-electron chi connectivity index (χ4n) is 7.89. The Bertz CT molecular complexity index is 1280. The molecule has 0 unspecified atom stereocenters. The summed E-state index contributed by atoms with van der Waals surface area (Å²) in [6.07, 6.45) is 17.6. The highest BCUT2D eigenvalue weighted by molar-refractivity contribution is 5.71. The standard InChI is InChI=1S/C39H49F3/c1-3-5-6-7-9-33-22-25-36(39(42)38(33)41)32-20-16-30(17-21-32)34-23-24-35(37(40)26-34)31-18-14-29(15-19-31)28-12-10-27(8-4-2)11-13-28/h16-17,20-29,31H,3-15,18-19H2,1-2H3. The van der Waals surface area contributed by atoms with Gasteiger partial charge in [0.05, 0.1) is 0 Å². The Balaban J connectivity index is 1.19. The third-order valence-corrected chi connectivity index (χ3v) is 10.5. The van der Waals surface area contributed by atoms with Gasteiger partial charge in [-0.2, -0.15) is 0 Å². The zero-order valence-corrected chi connectivity index (χ0v) is 25.7. The van der Waals surface area contributed by atoms with Gasteiger partial charge in [0.25, 0.3) is 0 Å². The molecule has 0 saturated heterocycles. The highest BCUT2D eigenvalue weighted by atomic mass is 19.2. The van der Waals surface area contributed by atoms with E-state index in [1.807, 2.05) is 24.3 Å². The van der Waals surface area contributed by atoms with Gasteiger partial charge in [-0.1, -0.05) is 107 Å². The van der Waals surface area contributed by atoms with Crippen molar-refractivity contribution in [2.24, 2.45) is 17.8 Å². The number of hydrogen-bond donors (Lipinski definition) is 0. The first-order chi connectivity index (χ1) is 20.5. The molecule has 2 fully saturated rings. The molecule has 0 atom stereocenters. The first-order valence-corrected chi connectivity index (χ1v) is 16.9. The van der Waals surface area contributed by atoms with Crippen LogP contribution in [0.25, 0.3) is 22.3 Å². The van der Waals surface area contributed by atoms with Gasteiger partial charge in [-0.25, -0.2) is 13.2 Å². The number of hydrogen-bond acceptors (Lipinski definition) is 0. The smallest absolute Gasteiger partial charge is 0.166 e. The molecule has 3 heteroatoms. The number of unbranched alkanes of at least 4 members (excludes halogenated alkanes) is 3. The van der Waals surface area contributed by atoms with Crippen LogP contribution in [0.4, 0.5) is 13.2 Å². The summed E-state index contributed by atoms with van der Waals surface area (Å²) in [4.78, 5) is 0. The number of benzene rings is 3. The Morgan fingerprint density at radius 2 is 1.24 bits per heavy atom. The lowest BCUT2D eigenvalue weighted by atomic mass is 9.68. The number of rotatable bonds is 11. The first kappa shape index (κ1) is 30.9. The van der Waals surface area contributed by atoms with Crippen LogP contribution in [0.15, 0.2) is 54.6 Å². The van der Waals surface area contributed by atoms with Crippen molar-refractivity contribution >= 4 is 0 Å². The molecule has 0 heterocycles. The number of halogens is 3. The fraction of sp³-hybridized carbons (Fsp3) is 0.538. The highest BCUT2D eigenvalue weighted by Gasteiger charge is 2.31. The number of aryl methyl sites for hydroxylation is 1. The minimum absolute atomic E-state index is 0.122. The minimum atomic E-state index is -0.787. The molecule has 42 heavy (non-hydrogen) atoms. The molecule has 2 aliphatic carbocycles. The normalized spacial score (nSPS) is 22.8. The maximum absolute atomic E-state index is 15.4. The average molecular weight is 575 g/mol. The quantitative estimate of drug-likeness (QED) is 0.200. The molecule has 5 rings (SSSR count). The third kappa shape index (κ3) is 7.32. The second-order valence-corrected chi connectivity index (χ2v) is 13.2. The average Bonchev–Trinajstić information content (AvgIpc) is 3.02. The summed E-state index contributed by atoms with van der Waals surface area (Å²) in [5, 5.41) is 0. The topological polar surface area (TPSA) is 0 Å². The van der Waals surface area contributed by atoms with Crippen LogP contribution in [0.5, 0.6) is 0 Å². The van der Waals surface area contributed by atoms with Crippen molar-refractivity contribution in [1.82, 2.24) is 0 Å². The lowest BCUT2D eigenvalue weighted by molar-refractivity contribution is 0.156. The maximum atomic E-state index is 15.4. The summed E-state index contributed by atoms with van der Waals surface area (Å²) < 4.78 is 45.2. The summed E-state index contributed by atoms with van der Waals surface area (Å²) >= 11 is 0. The molecule has 0 aliphatic heterocycles. The molecule has 226 valence electrons. The van der Waals surface area contributed by atoms with Gasteiger partial charge in [0.15, 0.2) is 11.6 Å². The van der Waals surface area contributed by atoms with E-state index in [1.165, 1.54) is 51.4 Å². The summed E-state index contributed by atoms with van der Waals surface area (Å²) in [5.41, 5.74) is 3.88. The molecule has 2 saturated carbocycles. The van der Waals surface area contributed by atoms with Gasteiger partial charge in [0, 0.05) is 5.56 Å². The zero-order chi connectivity index (χ0) is 29.5. The predicted octanol–water partition coefficient (Wildman–Crippen LogP) is 12.4. The molecule has 0 amide bonds. The van der Waals surface area contributed by atoms with Crippen molar-refractivity contribution < 1.29 is 13.2 Å². The first-order valence-electron chi connectivity index (χ1n) is 16.9. The molecule has 0 bridgehead atoms. The molecule has 0 N–H and O–H groups in total. The van der Waals surface area contributed by atoms with E-state index in [0.29, 0.717) is 23.5 Å². The van der Waals surface area contributed by atoms with Crippen molar-refractivity contribution in [1.29, 1.82) is 0 Å². The summed E-state index contributed by atoms with van der Waals surface area (Å²) in [6, 6.07) is 16.4. The van der Waals surface area contributed by atoms with Crippen LogP contribution in [0, 0.1) is 35.2 Å². The molecule has 2 aliphatic rings. The SMILES string of the molecule is CCCCCCc1ccc(-c2ccc(-c3ccc(C4CCC(C5CCC(CCC)CC5)CC4)c(F)c3)cc2)c(F)c1F. The Hall–Kier alpha value is -2.55. The highest BCUT2D eigenvalue weighted by Crippen LogP contribution is 2.45. The van der Waals surface area contributed by atoms with Crippen molar-refractivity contribution in [2.45, 2.75) is 116 Å². The Labute approximate surface area is 252 Å². The van der Waals surface area contributed by atoms with E-state index < -0.39 is 11.6 Å². The summed E-state index contributed by atoms with van der Waals surface area (Å²) in [7, 11) is 0. The van der Waals surface area contributed by atoms with Crippen molar-refractivity contribution in [3.05, 3.63) is 83.2 Å². The Morgan fingerprint density at radius 3 is 1.88 bits per heavy atom. The van der Waals surface area contributed by atoms with E-state index in [4.69, 9.17) is 0 Å². The van der Waals surface area contributed by atoms with Crippen molar-refractivity contribution in [3.8, 4) is 22.3 Å². The van der Waals surface area contributed by atoms with E-state index in [9.17, 15) is 8.78 Å². The van der Waals surface area contributed by atoms with Gasteiger partial charge >= 0.3 is 0 Å². The Morgan fingerprint density at radius 1 is 0.595 bits per heavy atom. The van der Waals surface area contributed by atoms with Crippen LogP contribution < -0.4 is 0 Å². The maximum Gasteiger partial charge on any atom is 0.166 e. The molecule has 0 aromatic heterocycles. The molecule has 3 aromatic rings. The summed E-state index contributed by atoms with van der Waals surface area (Å²) in [5.74, 6) is 1.32. The van der Waals surface area contributed by atoms with E-state index >= 15 is 4.39 Å². The van der Waals surface area contributed by atoms with E-state index in [2.05, 4.69) is 13.8 Å². The zero-order valence-electron chi connectivity index (χ0n) is 25.7. The molecule has 3 aromatic carbocycles. The molecular weight excluding hydrogens is 525 g/mol. The van der Waals surface area contributed by atoms with Gasteiger partial charge in [-0.15, -0.1) is 0 Å². The van der Waals surface area contributed by atoms with Crippen LogP contribution in [-0.2, 0) is 6.42 Å². The van der Waals surface area contributed by atoms with Crippen molar-refractivity contribution in [2.75, 3.05) is 0 Å². The summed E-state index contributed by atoms with van der Waals surface area (Å²) in [6.45, 7) is 4.44. The van der Waals surface area contributed by atoms with Gasteiger partial charge < -0.3 is 0 Å². The monoisotopic (exact) mass is 574 g/mol. The van der Waals surface area contributed by atoms with E-state index in [1.54, 1.807) is 30.3 Å². The second kappa shape index (κ2) is 14.8. The van der Waals surface area contributed by atoms with Crippen LogP contribution in [0.2, 0.25) is 0 Å². The van der Waals surface area contributed by atoms with E-state index in [-0.39, 0.29) is 11.4 Å². The molecule has 0 spiro atoms. The van der Waals surface area contributed by atoms with Crippen LogP contribution in [0.3, 0.4) is 0 Å². The van der Waals surface area contributed by atoms with Crippen LogP contribution >= 0.6 is 0 Å². The van der Waals surface area contributed by atoms with E-state index in [0.717, 1.165) is 73.0 Å². The van der Waals surface area contributed by atoms with Gasteiger partial charge in [-0.3, -0.25) is 0 Å². The lowest BCUT2D eigenvalue weighted by Gasteiger charge is -2.38. The van der Waals surface area contributed by atoms with Gasteiger partial charge in [0.1, 0.15) is 5.82 Å². The molecule has 0 radical (unpaired) electrons. The Kier molecular flexibility index (Phi) is 10.9. The molecule has 0 nitrogen and oxygen atoms in total. The molecular formula is C39H49F3. The van der Waals surface area contributed by atoms with Crippen LogP contribution in [-0.4, -0.2) is 0 Å². The predicted molar refractivity (Wildman–Crippen MR) is 170 cm³/mol. The fourth-order valence-corrected chi connectivity index (χ4v) is 7.89. The lowest BCUT2D eigenvalue weighted by Crippen LogP contribution is -2.25. The third-order valence-electron chi connectivity index (χ3n) is 10.5. The van der Waals surface area contributed by atoms with Crippen LogP contribution in [0.1, 0.15) is 121 Å². The van der Waals surface area contributed by atoms with Gasteiger partial charge in [-0.05, 0) is 109 Å². The minimum Gasteiger partial charge on any atom is -0.207 e. The largest absolute Gasteiger partial charge is 0.207 e. The van der Waals surface area contributed by atoms with Crippen molar-refractivity contribution in [3.63, 3.8) is 0 Å². The van der Waals surface area contributed by atoms with Gasteiger partial charge in [0.2, 0.25) is 0 Å².